The van der Waals surface area contributed by atoms with E-state index in [-0.39, 0.29) is 0 Å². The highest BCUT2D eigenvalue weighted by atomic mass is 32.1. The fourth-order valence-electron chi connectivity index (χ4n) is 7.36. The quantitative estimate of drug-likeness (QED) is 0.186. The number of hydrogen-bond acceptors (Lipinski definition) is 6. The third-order valence-electron chi connectivity index (χ3n) is 9.76. The van der Waals surface area contributed by atoms with Crippen LogP contribution in [0.15, 0.2) is 160 Å². The van der Waals surface area contributed by atoms with Gasteiger partial charge >= 0.3 is 0 Å². The topological polar surface area (TPSA) is 65.0 Å². The predicted octanol–water partition coefficient (Wildman–Crippen LogP) is 12.7. The van der Waals surface area contributed by atoms with Gasteiger partial charge in [0.1, 0.15) is 22.3 Å². The zero-order chi connectivity index (χ0) is 33.5. The molecular weight excluding hydrogens is 647 g/mol. The van der Waals surface area contributed by atoms with E-state index in [1.165, 1.54) is 20.2 Å². The maximum atomic E-state index is 6.71. The molecular formula is C45H25N3O2S. The molecule has 4 aromatic heterocycles. The van der Waals surface area contributed by atoms with Crippen LogP contribution in [0.4, 0.5) is 0 Å². The molecule has 0 aliphatic heterocycles. The van der Waals surface area contributed by atoms with Crippen LogP contribution >= 0.6 is 11.3 Å². The standard InChI is InChI=1S/C45H25N3O2S/c1-2-10-26(11-3-1)43-46-44(28-20-22-31-30-12-4-6-17-36(30)49-38(31)25-28)48-45(47-43)34-16-8-15-33-41-29(14-9-18-37(41)50-42(33)34)27-21-23-40-35(24-27)32-13-5-7-19-39(32)51-40/h1-25H. The van der Waals surface area contributed by atoms with Crippen LogP contribution in [0.25, 0.3) is 109 Å². The molecule has 4 heterocycles. The highest BCUT2D eigenvalue weighted by Gasteiger charge is 2.20. The number of thiophene rings is 1. The molecule has 11 aromatic rings. The van der Waals surface area contributed by atoms with Crippen molar-refractivity contribution in [1.82, 2.24) is 15.0 Å². The van der Waals surface area contributed by atoms with E-state index in [0.717, 1.165) is 71.7 Å². The fourth-order valence-corrected chi connectivity index (χ4v) is 8.45. The molecule has 6 heteroatoms. The minimum atomic E-state index is 0.543. The highest BCUT2D eigenvalue weighted by Crippen LogP contribution is 2.43. The third kappa shape index (κ3) is 4.43. The molecule has 5 nitrogen and oxygen atoms in total. The Morgan fingerprint density at radius 3 is 1.96 bits per heavy atom. The monoisotopic (exact) mass is 671 g/mol. The SMILES string of the molecule is c1ccc(-c2nc(-c3ccc4c(c3)oc3ccccc34)nc(-c3cccc4c3oc3cccc(-c5ccc6sc7ccccc7c6c5)c34)n2)cc1. The van der Waals surface area contributed by atoms with Crippen molar-refractivity contribution in [1.29, 1.82) is 0 Å². The smallest absolute Gasteiger partial charge is 0.167 e. The van der Waals surface area contributed by atoms with Crippen LogP contribution in [0.3, 0.4) is 0 Å². The predicted molar refractivity (Wildman–Crippen MR) is 209 cm³/mol. The largest absolute Gasteiger partial charge is 0.456 e. The minimum Gasteiger partial charge on any atom is -0.456 e. The number of aromatic nitrogens is 3. The molecule has 0 saturated carbocycles. The van der Waals surface area contributed by atoms with E-state index in [4.69, 9.17) is 23.8 Å². The summed E-state index contributed by atoms with van der Waals surface area (Å²) in [7, 11) is 0. The highest BCUT2D eigenvalue weighted by molar-refractivity contribution is 7.25. The van der Waals surface area contributed by atoms with Gasteiger partial charge in [0.2, 0.25) is 0 Å². The molecule has 11 rings (SSSR count). The summed E-state index contributed by atoms with van der Waals surface area (Å²) in [5.41, 5.74) is 8.03. The molecule has 0 aliphatic carbocycles. The van der Waals surface area contributed by atoms with Gasteiger partial charge in [0.25, 0.3) is 0 Å². The lowest BCUT2D eigenvalue weighted by Gasteiger charge is -2.09. The lowest BCUT2D eigenvalue weighted by molar-refractivity contribution is 0.668. The molecule has 0 saturated heterocycles. The Labute approximate surface area is 295 Å². The molecule has 0 unspecified atom stereocenters. The molecule has 7 aromatic carbocycles. The van der Waals surface area contributed by atoms with Crippen LogP contribution in [0.2, 0.25) is 0 Å². The van der Waals surface area contributed by atoms with Crippen LogP contribution in [-0.2, 0) is 0 Å². The summed E-state index contributed by atoms with van der Waals surface area (Å²) in [6, 6.07) is 52.2. The van der Waals surface area contributed by atoms with E-state index in [9.17, 15) is 0 Å². The summed E-state index contributed by atoms with van der Waals surface area (Å²) in [5.74, 6) is 1.69. The second-order valence-corrected chi connectivity index (χ2v) is 13.8. The molecule has 0 bridgehead atoms. The Bertz CT molecular complexity index is 3160. The van der Waals surface area contributed by atoms with Crippen LogP contribution in [0.1, 0.15) is 0 Å². The van der Waals surface area contributed by atoms with Crippen molar-refractivity contribution < 1.29 is 8.83 Å². The van der Waals surface area contributed by atoms with Gasteiger partial charge in [-0.2, -0.15) is 0 Å². The van der Waals surface area contributed by atoms with Crippen molar-refractivity contribution in [3.05, 3.63) is 152 Å². The van der Waals surface area contributed by atoms with Crippen LogP contribution in [0, 0.1) is 0 Å². The summed E-state index contributed by atoms with van der Waals surface area (Å²) in [5, 5.41) is 6.78. The zero-order valence-corrected chi connectivity index (χ0v) is 27.8. The normalized spacial score (nSPS) is 11.9. The maximum absolute atomic E-state index is 6.71. The van der Waals surface area contributed by atoms with Gasteiger partial charge in [-0.05, 0) is 59.7 Å². The Morgan fingerprint density at radius 1 is 0.373 bits per heavy atom. The van der Waals surface area contributed by atoms with Crippen molar-refractivity contribution in [2.75, 3.05) is 0 Å². The molecule has 238 valence electrons. The summed E-state index contributed by atoms with van der Waals surface area (Å²) < 4.78 is 15.5. The van der Waals surface area contributed by atoms with Crippen molar-refractivity contribution in [3.8, 4) is 45.3 Å². The minimum absolute atomic E-state index is 0.543. The number of para-hydroxylation sites is 2. The van der Waals surface area contributed by atoms with Gasteiger partial charge in [0.15, 0.2) is 17.5 Å². The van der Waals surface area contributed by atoms with Crippen LogP contribution in [-0.4, -0.2) is 15.0 Å². The first-order valence-corrected chi connectivity index (χ1v) is 17.7. The van der Waals surface area contributed by atoms with Gasteiger partial charge < -0.3 is 8.83 Å². The summed E-state index contributed by atoms with van der Waals surface area (Å²) in [6.07, 6.45) is 0. The van der Waals surface area contributed by atoms with Crippen molar-refractivity contribution in [3.63, 3.8) is 0 Å². The number of furan rings is 2. The maximum Gasteiger partial charge on any atom is 0.167 e. The van der Waals surface area contributed by atoms with E-state index in [2.05, 4.69) is 84.9 Å². The zero-order valence-electron chi connectivity index (χ0n) is 27.0. The average Bonchev–Trinajstić information content (AvgIpc) is 3.88. The summed E-state index contributed by atoms with van der Waals surface area (Å²) in [4.78, 5) is 15.1. The van der Waals surface area contributed by atoms with E-state index in [1.54, 1.807) is 0 Å². The van der Waals surface area contributed by atoms with Gasteiger partial charge in [0, 0.05) is 52.8 Å². The molecule has 0 atom stereocenters. The fraction of sp³-hybridized carbons (Fsp3) is 0. The first kappa shape index (κ1) is 28.2. The Morgan fingerprint density at radius 2 is 1.04 bits per heavy atom. The second-order valence-electron chi connectivity index (χ2n) is 12.8. The number of fused-ring (bicyclic) bond motifs is 9. The molecule has 0 radical (unpaired) electrons. The van der Waals surface area contributed by atoms with E-state index in [0.29, 0.717) is 17.5 Å². The van der Waals surface area contributed by atoms with Gasteiger partial charge in [-0.15, -0.1) is 11.3 Å². The Balaban J connectivity index is 1.11. The summed E-state index contributed by atoms with van der Waals surface area (Å²) in [6.45, 7) is 0. The molecule has 0 aliphatic rings. The van der Waals surface area contributed by atoms with Crippen molar-refractivity contribution in [2.24, 2.45) is 0 Å². The van der Waals surface area contributed by atoms with E-state index in [1.807, 2.05) is 78.1 Å². The van der Waals surface area contributed by atoms with Crippen LogP contribution < -0.4 is 0 Å². The lowest BCUT2D eigenvalue weighted by atomic mass is 9.97. The molecule has 0 spiro atoms. The van der Waals surface area contributed by atoms with E-state index < -0.39 is 0 Å². The van der Waals surface area contributed by atoms with Gasteiger partial charge in [0.05, 0.1) is 5.56 Å². The van der Waals surface area contributed by atoms with Crippen LogP contribution in [0.5, 0.6) is 0 Å². The van der Waals surface area contributed by atoms with Crippen molar-refractivity contribution in [2.45, 2.75) is 0 Å². The molecule has 0 N–H and O–H groups in total. The summed E-state index contributed by atoms with van der Waals surface area (Å²) >= 11 is 1.83. The molecule has 51 heavy (non-hydrogen) atoms. The Hall–Kier alpha value is -6.63. The number of benzene rings is 7. The van der Waals surface area contributed by atoms with E-state index >= 15 is 0 Å². The second kappa shape index (κ2) is 10.9. The molecule has 0 fully saturated rings. The number of nitrogens with zero attached hydrogens (tertiary/aromatic N) is 3. The number of rotatable bonds is 4. The third-order valence-corrected chi connectivity index (χ3v) is 10.9. The lowest BCUT2D eigenvalue weighted by Crippen LogP contribution is -2.00. The first-order chi connectivity index (χ1) is 25.2. The number of hydrogen-bond donors (Lipinski definition) is 0. The average molecular weight is 672 g/mol. The van der Waals surface area contributed by atoms with Crippen molar-refractivity contribution >= 4 is 75.4 Å². The first-order valence-electron chi connectivity index (χ1n) is 16.8. The van der Waals surface area contributed by atoms with Gasteiger partial charge in [-0.1, -0.05) is 103 Å². The van der Waals surface area contributed by atoms with Gasteiger partial charge in [-0.3, -0.25) is 0 Å². The van der Waals surface area contributed by atoms with Gasteiger partial charge in [-0.25, -0.2) is 15.0 Å². The Kier molecular flexibility index (Phi) is 6.05. The molecule has 0 amide bonds.